The smallest absolute Gasteiger partial charge is 0.274 e. The Morgan fingerprint density at radius 2 is 1.69 bits per heavy atom. The highest BCUT2D eigenvalue weighted by molar-refractivity contribution is 6.33. The summed E-state index contributed by atoms with van der Waals surface area (Å²) < 4.78 is 30.0. The van der Waals surface area contributed by atoms with Crippen LogP contribution >= 0.6 is 23.2 Å². The molecular formula is C25H21Cl2F2N5O. The van der Waals surface area contributed by atoms with E-state index in [9.17, 15) is 13.6 Å². The lowest BCUT2D eigenvalue weighted by Gasteiger charge is -2.25. The van der Waals surface area contributed by atoms with Crippen LogP contribution in [0.15, 0.2) is 48.5 Å². The van der Waals surface area contributed by atoms with Crippen LogP contribution in [0.5, 0.6) is 0 Å². The number of amides is 1. The van der Waals surface area contributed by atoms with Crippen LogP contribution in [0.1, 0.15) is 29.8 Å². The molecule has 1 saturated heterocycles. The van der Waals surface area contributed by atoms with Gasteiger partial charge in [-0.3, -0.25) is 4.79 Å². The second kappa shape index (κ2) is 9.43. The Kier molecular flexibility index (Phi) is 6.34. The first-order valence-corrected chi connectivity index (χ1v) is 11.9. The van der Waals surface area contributed by atoms with Gasteiger partial charge in [0.1, 0.15) is 22.5 Å². The van der Waals surface area contributed by atoms with Crippen molar-refractivity contribution in [3.05, 3.63) is 75.9 Å². The van der Waals surface area contributed by atoms with Gasteiger partial charge >= 0.3 is 0 Å². The number of rotatable bonds is 4. The molecule has 0 aliphatic carbocycles. The van der Waals surface area contributed by atoms with Crippen LogP contribution in [0.4, 0.5) is 20.3 Å². The van der Waals surface area contributed by atoms with Gasteiger partial charge < -0.3 is 9.80 Å². The molecule has 35 heavy (non-hydrogen) atoms. The topological polar surface area (TPSA) is 53.7 Å². The van der Waals surface area contributed by atoms with Crippen LogP contribution in [-0.2, 0) is 0 Å². The summed E-state index contributed by atoms with van der Waals surface area (Å²) in [6.45, 7) is 1.36. The van der Waals surface area contributed by atoms with Crippen molar-refractivity contribution in [3.63, 3.8) is 0 Å². The molecule has 0 N–H and O–H groups in total. The lowest BCUT2D eigenvalue weighted by Crippen LogP contribution is -2.35. The van der Waals surface area contributed by atoms with Crippen LogP contribution < -0.4 is 4.90 Å². The van der Waals surface area contributed by atoms with Crippen LogP contribution in [0.3, 0.4) is 0 Å². The molecule has 2 aromatic heterocycles. The number of halogens is 4. The first kappa shape index (κ1) is 23.5. The Morgan fingerprint density at radius 3 is 2.37 bits per heavy atom. The molecule has 1 fully saturated rings. The summed E-state index contributed by atoms with van der Waals surface area (Å²) in [6.07, 6.45) is 3.01. The van der Waals surface area contributed by atoms with E-state index in [1.165, 1.54) is 4.52 Å². The summed E-state index contributed by atoms with van der Waals surface area (Å²) >= 11 is 12.1. The minimum Gasteiger partial charge on any atom is -0.337 e. The SMILES string of the molecule is CN(c1ccccc1Cl)c1cc(-c2cc(F)c(Cl)c(F)c2)nc2cc(C(=O)N3CCCCC3)nn12. The zero-order valence-corrected chi connectivity index (χ0v) is 20.3. The van der Waals surface area contributed by atoms with Crippen LogP contribution in [-0.4, -0.2) is 45.5 Å². The number of carbonyl (C=O) groups excluding carboxylic acids is 1. The average Bonchev–Trinajstić information content (AvgIpc) is 3.30. The molecule has 180 valence electrons. The van der Waals surface area contributed by atoms with E-state index in [0.29, 0.717) is 35.3 Å². The van der Waals surface area contributed by atoms with E-state index in [1.54, 1.807) is 35.0 Å². The van der Waals surface area contributed by atoms with E-state index in [1.807, 2.05) is 18.2 Å². The molecule has 1 aliphatic rings. The third kappa shape index (κ3) is 4.44. The van der Waals surface area contributed by atoms with Gasteiger partial charge in [0.05, 0.1) is 16.4 Å². The highest BCUT2D eigenvalue weighted by Crippen LogP contribution is 2.34. The van der Waals surface area contributed by atoms with Crippen LogP contribution in [0.25, 0.3) is 16.9 Å². The van der Waals surface area contributed by atoms with Gasteiger partial charge in [0, 0.05) is 37.8 Å². The molecule has 0 saturated carbocycles. The summed E-state index contributed by atoms with van der Waals surface area (Å²) in [7, 11) is 1.79. The summed E-state index contributed by atoms with van der Waals surface area (Å²) in [5.74, 6) is -1.45. The van der Waals surface area contributed by atoms with Crippen molar-refractivity contribution in [1.29, 1.82) is 0 Å². The van der Waals surface area contributed by atoms with Crippen LogP contribution in [0.2, 0.25) is 10.0 Å². The Balaban J connectivity index is 1.68. The van der Waals surface area contributed by atoms with Crippen molar-refractivity contribution in [2.45, 2.75) is 19.3 Å². The number of hydrogen-bond donors (Lipinski definition) is 0. The number of carbonyl (C=O) groups is 1. The Hall–Kier alpha value is -3.23. The van der Waals surface area contributed by atoms with Gasteiger partial charge in [-0.25, -0.2) is 13.8 Å². The highest BCUT2D eigenvalue weighted by atomic mass is 35.5. The average molecular weight is 516 g/mol. The van der Waals surface area contributed by atoms with Gasteiger partial charge in [-0.05, 0) is 43.5 Å². The number of piperidine rings is 1. The number of fused-ring (bicyclic) bond motifs is 1. The van der Waals surface area contributed by atoms with Crippen molar-refractivity contribution in [2.24, 2.45) is 0 Å². The standard InChI is InChI=1S/C25H21Cl2F2N5O/c1-32(21-8-4-3-7-16(21)26)23-14-19(15-11-17(28)24(27)18(29)12-15)30-22-13-20(31-34(22)23)25(35)33-9-5-2-6-10-33/h3-4,7-8,11-14H,2,5-6,9-10H2,1H3. The number of hydrogen-bond acceptors (Lipinski definition) is 4. The molecule has 0 radical (unpaired) electrons. The van der Waals surface area contributed by atoms with Gasteiger partial charge in [0.2, 0.25) is 0 Å². The molecule has 3 heterocycles. The van der Waals surface area contributed by atoms with Gasteiger partial charge in [-0.15, -0.1) is 0 Å². The Bertz CT molecular complexity index is 1410. The van der Waals surface area contributed by atoms with Crippen molar-refractivity contribution in [2.75, 3.05) is 25.0 Å². The molecule has 0 unspecified atom stereocenters. The molecule has 4 aromatic rings. The van der Waals surface area contributed by atoms with E-state index in [-0.39, 0.29) is 22.9 Å². The number of anilines is 2. The van der Waals surface area contributed by atoms with Crippen molar-refractivity contribution in [3.8, 4) is 11.3 Å². The van der Waals surface area contributed by atoms with E-state index in [0.717, 1.165) is 31.4 Å². The lowest BCUT2D eigenvalue weighted by molar-refractivity contribution is 0.0718. The lowest BCUT2D eigenvalue weighted by atomic mass is 10.1. The molecule has 2 aromatic carbocycles. The molecular weight excluding hydrogens is 495 g/mol. The number of benzene rings is 2. The zero-order chi connectivity index (χ0) is 24.7. The van der Waals surface area contributed by atoms with E-state index < -0.39 is 16.7 Å². The fourth-order valence-electron chi connectivity index (χ4n) is 4.26. The molecule has 0 bridgehead atoms. The molecule has 0 spiro atoms. The maximum Gasteiger partial charge on any atom is 0.274 e. The number of nitrogens with zero attached hydrogens (tertiary/aromatic N) is 5. The van der Waals surface area contributed by atoms with E-state index in [2.05, 4.69) is 10.1 Å². The first-order valence-electron chi connectivity index (χ1n) is 11.2. The number of likely N-dealkylation sites (tertiary alicyclic amines) is 1. The quantitative estimate of drug-likeness (QED) is 0.296. The Morgan fingerprint density at radius 1 is 1.00 bits per heavy atom. The van der Waals surface area contributed by atoms with Crippen LogP contribution in [0, 0.1) is 11.6 Å². The minimum absolute atomic E-state index is 0.174. The number of para-hydroxylation sites is 1. The fraction of sp³-hybridized carbons (Fsp3) is 0.240. The molecule has 6 nitrogen and oxygen atoms in total. The predicted octanol–water partition coefficient (Wildman–Crippen LogP) is 6.38. The summed E-state index contributed by atoms with van der Waals surface area (Å²) in [5, 5.41) is 4.48. The Labute approximate surface area is 210 Å². The highest BCUT2D eigenvalue weighted by Gasteiger charge is 2.24. The fourth-order valence-corrected chi connectivity index (χ4v) is 4.63. The second-order valence-corrected chi connectivity index (χ2v) is 9.20. The van der Waals surface area contributed by atoms with E-state index in [4.69, 9.17) is 23.2 Å². The maximum atomic E-state index is 14.2. The van der Waals surface area contributed by atoms with Gasteiger partial charge in [0.25, 0.3) is 5.91 Å². The van der Waals surface area contributed by atoms with Crippen molar-refractivity contribution >= 4 is 46.3 Å². The molecule has 10 heteroatoms. The monoisotopic (exact) mass is 515 g/mol. The minimum atomic E-state index is -0.890. The summed E-state index contributed by atoms with van der Waals surface area (Å²) in [6, 6.07) is 12.7. The third-order valence-corrected chi connectivity index (χ3v) is 6.79. The normalized spacial score (nSPS) is 13.9. The zero-order valence-electron chi connectivity index (χ0n) is 18.8. The maximum absolute atomic E-state index is 14.2. The van der Waals surface area contributed by atoms with Gasteiger partial charge in [0.15, 0.2) is 11.3 Å². The van der Waals surface area contributed by atoms with Gasteiger partial charge in [-0.2, -0.15) is 9.61 Å². The summed E-state index contributed by atoms with van der Waals surface area (Å²) in [4.78, 5) is 21.3. The molecule has 0 atom stereocenters. The molecule has 1 aliphatic heterocycles. The predicted molar refractivity (Wildman–Crippen MR) is 133 cm³/mol. The largest absolute Gasteiger partial charge is 0.337 e. The second-order valence-electron chi connectivity index (χ2n) is 8.42. The first-order chi connectivity index (χ1) is 16.8. The van der Waals surface area contributed by atoms with Crippen molar-refractivity contribution in [1.82, 2.24) is 19.5 Å². The molecule has 5 rings (SSSR count). The number of aromatic nitrogens is 3. The summed E-state index contributed by atoms with van der Waals surface area (Å²) in [5.41, 5.74) is 1.77. The van der Waals surface area contributed by atoms with E-state index >= 15 is 0 Å². The van der Waals surface area contributed by atoms with Crippen molar-refractivity contribution < 1.29 is 13.6 Å². The van der Waals surface area contributed by atoms with Gasteiger partial charge in [-0.1, -0.05) is 35.3 Å². The third-order valence-electron chi connectivity index (χ3n) is 6.11. The molecule has 1 amide bonds.